The molecular weight excluding hydrogens is 327 g/mol. The molecule has 17 heavy (non-hydrogen) atoms. The summed E-state index contributed by atoms with van der Waals surface area (Å²) in [5.41, 5.74) is 1.06. The third-order valence-electron chi connectivity index (χ3n) is 2.41. The van der Waals surface area contributed by atoms with E-state index in [2.05, 4.69) is 47.1 Å². The number of nitrogens with one attached hydrogen (secondary N) is 2. The van der Waals surface area contributed by atoms with Crippen LogP contribution in [0.2, 0.25) is 0 Å². The number of rotatable bonds is 6. The highest BCUT2D eigenvalue weighted by Gasteiger charge is 2.05. The Morgan fingerprint density at radius 2 is 2.24 bits per heavy atom. The molecule has 0 aliphatic rings. The van der Waals surface area contributed by atoms with Crippen molar-refractivity contribution in [2.75, 3.05) is 13.1 Å². The molecule has 0 unspecified atom stereocenters. The van der Waals surface area contributed by atoms with E-state index in [1.165, 1.54) is 0 Å². The lowest BCUT2D eigenvalue weighted by Crippen LogP contribution is -2.39. The van der Waals surface area contributed by atoms with E-state index in [0.29, 0.717) is 19.0 Å². The molecule has 0 aromatic heterocycles. The van der Waals surface area contributed by atoms with E-state index in [0.717, 1.165) is 15.7 Å². The molecule has 94 valence electrons. The Hall–Kier alpha value is -0.620. The smallest absolute Gasteiger partial charge is 0.224 e. The quantitative estimate of drug-likeness (QED) is 0.773. The van der Waals surface area contributed by atoms with Crippen LogP contribution in [-0.4, -0.2) is 25.0 Å². The molecule has 0 aliphatic carbocycles. The normalized spacial score (nSPS) is 12.2. The van der Waals surface area contributed by atoms with Gasteiger partial charge < -0.3 is 10.6 Å². The highest BCUT2D eigenvalue weighted by Crippen LogP contribution is 2.08. The molecule has 0 saturated carbocycles. The standard InChI is InChI=1S/C13H19IN2O/c1-3-15-10(2)9-16-13(17)8-11-5-4-6-12(14)7-11/h4-7,10,15H,3,8-9H2,1-2H3,(H,16,17)/t10-/m1/s1. The molecule has 2 N–H and O–H groups in total. The number of carbonyl (C=O) groups excluding carboxylic acids is 1. The van der Waals surface area contributed by atoms with E-state index in [1.807, 2.05) is 24.3 Å². The first-order valence-electron chi connectivity index (χ1n) is 5.86. The van der Waals surface area contributed by atoms with Crippen LogP contribution in [0.15, 0.2) is 24.3 Å². The summed E-state index contributed by atoms with van der Waals surface area (Å²) in [6, 6.07) is 8.34. The summed E-state index contributed by atoms with van der Waals surface area (Å²) >= 11 is 2.25. The van der Waals surface area contributed by atoms with Crippen molar-refractivity contribution >= 4 is 28.5 Å². The van der Waals surface area contributed by atoms with Gasteiger partial charge in [-0.2, -0.15) is 0 Å². The summed E-state index contributed by atoms with van der Waals surface area (Å²) in [6.45, 7) is 5.73. The zero-order valence-electron chi connectivity index (χ0n) is 10.3. The highest BCUT2D eigenvalue weighted by molar-refractivity contribution is 14.1. The predicted molar refractivity (Wildman–Crippen MR) is 79.0 cm³/mol. The Balaban J connectivity index is 2.34. The number of carbonyl (C=O) groups is 1. The maximum Gasteiger partial charge on any atom is 0.224 e. The van der Waals surface area contributed by atoms with Crippen LogP contribution in [0.25, 0.3) is 0 Å². The first-order chi connectivity index (χ1) is 8.11. The van der Waals surface area contributed by atoms with Gasteiger partial charge in [-0.1, -0.05) is 19.1 Å². The predicted octanol–water partition coefficient (Wildman–Crippen LogP) is 1.95. The summed E-state index contributed by atoms with van der Waals surface area (Å²) in [5.74, 6) is 0.0803. The topological polar surface area (TPSA) is 41.1 Å². The summed E-state index contributed by atoms with van der Waals surface area (Å²) in [6.07, 6.45) is 0.454. The molecule has 1 atom stereocenters. The monoisotopic (exact) mass is 346 g/mol. The van der Waals surface area contributed by atoms with Gasteiger partial charge in [0.25, 0.3) is 0 Å². The maximum atomic E-state index is 11.7. The molecule has 0 fully saturated rings. The van der Waals surface area contributed by atoms with Gasteiger partial charge in [-0.3, -0.25) is 4.79 Å². The van der Waals surface area contributed by atoms with Crippen molar-refractivity contribution < 1.29 is 4.79 Å². The first-order valence-corrected chi connectivity index (χ1v) is 6.94. The number of benzene rings is 1. The molecule has 1 aromatic carbocycles. The molecule has 0 aliphatic heterocycles. The van der Waals surface area contributed by atoms with Crippen LogP contribution in [0.5, 0.6) is 0 Å². The maximum absolute atomic E-state index is 11.7. The van der Waals surface area contributed by atoms with Crippen molar-refractivity contribution in [2.24, 2.45) is 0 Å². The van der Waals surface area contributed by atoms with Gasteiger partial charge in [0.05, 0.1) is 6.42 Å². The van der Waals surface area contributed by atoms with Crippen LogP contribution >= 0.6 is 22.6 Å². The fourth-order valence-electron chi connectivity index (χ4n) is 1.58. The van der Waals surface area contributed by atoms with Gasteiger partial charge in [0.15, 0.2) is 0 Å². The van der Waals surface area contributed by atoms with E-state index in [4.69, 9.17) is 0 Å². The van der Waals surface area contributed by atoms with E-state index in [-0.39, 0.29) is 5.91 Å². The molecule has 1 amide bonds. The number of likely N-dealkylation sites (N-methyl/N-ethyl adjacent to an activating group) is 1. The zero-order chi connectivity index (χ0) is 12.7. The molecule has 0 saturated heterocycles. The van der Waals surface area contributed by atoms with Crippen molar-refractivity contribution in [3.63, 3.8) is 0 Å². The Morgan fingerprint density at radius 3 is 2.88 bits per heavy atom. The lowest BCUT2D eigenvalue weighted by molar-refractivity contribution is -0.120. The van der Waals surface area contributed by atoms with Crippen LogP contribution < -0.4 is 10.6 Å². The minimum Gasteiger partial charge on any atom is -0.354 e. The molecule has 1 aromatic rings. The lowest BCUT2D eigenvalue weighted by Gasteiger charge is -2.13. The summed E-state index contributed by atoms with van der Waals surface area (Å²) < 4.78 is 1.16. The molecular formula is C13H19IN2O. The number of halogens is 1. The van der Waals surface area contributed by atoms with Crippen molar-refractivity contribution in [1.29, 1.82) is 0 Å². The van der Waals surface area contributed by atoms with E-state index in [9.17, 15) is 4.79 Å². The second-order valence-electron chi connectivity index (χ2n) is 4.07. The van der Waals surface area contributed by atoms with Gasteiger partial charge >= 0.3 is 0 Å². The second-order valence-corrected chi connectivity index (χ2v) is 5.32. The van der Waals surface area contributed by atoms with Crippen molar-refractivity contribution in [3.8, 4) is 0 Å². The molecule has 0 radical (unpaired) electrons. The molecule has 0 spiro atoms. The second kappa shape index (κ2) is 7.66. The van der Waals surface area contributed by atoms with Gasteiger partial charge in [0.2, 0.25) is 5.91 Å². The SMILES string of the molecule is CCN[C@H](C)CNC(=O)Cc1cccc(I)c1. The van der Waals surface area contributed by atoms with Gasteiger partial charge in [-0.15, -0.1) is 0 Å². The minimum absolute atomic E-state index is 0.0803. The number of hydrogen-bond donors (Lipinski definition) is 2. The summed E-state index contributed by atoms with van der Waals surface area (Å²) in [7, 11) is 0. The van der Waals surface area contributed by atoms with Crippen molar-refractivity contribution in [2.45, 2.75) is 26.3 Å². The van der Waals surface area contributed by atoms with Gasteiger partial charge in [-0.25, -0.2) is 0 Å². The van der Waals surface area contributed by atoms with Crippen molar-refractivity contribution in [3.05, 3.63) is 33.4 Å². The average Bonchev–Trinajstić information content (AvgIpc) is 2.27. The Kier molecular flexibility index (Phi) is 6.50. The molecule has 0 bridgehead atoms. The van der Waals surface area contributed by atoms with Crippen LogP contribution in [0.3, 0.4) is 0 Å². The first kappa shape index (κ1) is 14.4. The van der Waals surface area contributed by atoms with Gasteiger partial charge in [0, 0.05) is 16.2 Å². The average molecular weight is 346 g/mol. The van der Waals surface area contributed by atoms with Crippen LogP contribution in [0, 0.1) is 3.57 Å². The van der Waals surface area contributed by atoms with Crippen LogP contribution in [0.4, 0.5) is 0 Å². The Labute approximate surface area is 117 Å². The third-order valence-corrected chi connectivity index (χ3v) is 3.08. The lowest BCUT2D eigenvalue weighted by atomic mass is 10.1. The largest absolute Gasteiger partial charge is 0.354 e. The van der Waals surface area contributed by atoms with Crippen LogP contribution in [-0.2, 0) is 11.2 Å². The van der Waals surface area contributed by atoms with E-state index in [1.54, 1.807) is 0 Å². The molecule has 4 heteroatoms. The molecule has 1 rings (SSSR count). The third kappa shape index (κ3) is 6.02. The highest BCUT2D eigenvalue weighted by atomic mass is 127. The Bertz CT molecular complexity index is 368. The molecule has 3 nitrogen and oxygen atoms in total. The van der Waals surface area contributed by atoms with E-state index < -0.39 is 0 Å². The summed E-state index contributed by atoms with van der Waals surface area (Å²) in [5, 5.41) is 6.19. The van der Waals surface area contributed by atoms with Crippen LogP contribution in [0.1, 0.15) is 19.4 Å². The van der Waals surface area contributed by atoms with Gasteiger partial charge in [-0.05, 0) is 53.8 Å². The zero-order valence-corrected chi connectivity index (χ0v) is 12.5. The Morgan fingerprint density at radius 1 is 1.47 bits per heavy atom. The minimum atomic E-state index is 0.0803. The fraction of sp³-hybridized carbons (Fsp3) is 0.462. The molecule has 0 heterocycles. The fourth-order valence-corrected chi connectivity index (χ4v) is 2.19. The van der Waals surface area contributed by atoms with Gasteiger partial charge in [0.1, 0.15) is 0 Å². The summed E-state index contributed by atoms with van der Waals surface area (Å²) in [4.78, 5) is 11.7. The van der Waals surface area contributed by atoms with Crippen molar-refractivity contribution in [1.82, 2.24) is 10.6 Å². The van der Waals surface area contributed by atoms with E-state index >= 15 is 0 Å². The number of amides is 1. The number of hydrogen-bond acceptors (Lipinski definition) is 2.